The largest absolute Gasteiger partial charge is 0.454 e. The van der Waals surface area contributed by atoms with Crippen LogP contribution in [0.5, 0.6) is 11.5 Å². The molecular weight excluding hydrogens is 365 g/mol. The molecule has 5 nitrogen and oxygen atoms in total. The highest BCUT2D eigenvalue weighted by Crippen LogP contribution is 2.37. The zero-order chi connectivity index (χ0) is 18.0. The van der Waals surface area contributed by atoms with E-state index >= 15 is 0 Å². The van der Waals surface area contributed by atoms with Crippen molar-refractivity contribution < 1.29 is 19.1 Å². The number of carbonyl (C=O) groups excluding carboxylic acids is 2. The van der Waals surface area contributed by atoms with Crippen molar-refractivity contribution in [2.75, 3.05) is 12.1 Å². The SMILES string of the molecule is CC(=O)c1cc2c(cc1NC=CC(=O)c1ccc(Cl)cc1Cl)OCO2. The van der Waals surface area contributed by atoms with Crippen molar-refractivity contribution in [2.24, 2.45) is 0 Å². The third kappa shape index (κ3) is 3.78. The van der Waals surface area contributed by atoms with Crippen LogP contribution in [0, 0.1) is 0 Å². The molecule has 0 aliphatic carbocycles. The number of benzene rings is 2. The third-order valence-electron chi connectivity index (χ3n) is 3.56. The van der Waals surface area contributed by atoms with Crippen LogP contribution < -0.4 is 14.8 Å². The molecule has 0 amide bonds. The first-order chi connectivity index (χ1) is 12.0. The van der Waals surface area contributed by atoms with E-state index in [9.17, 15) is 9.59 Å². The standard InChI is InChI=1S/C18H13Cl2NO4/c1-10(22)13-7-17-18(25-9-24-17)8-15(13)21-5-4-16(23)12-3-2-11(19)6-14(12)20/h2-8,21H,9H2,1H3. The Labute approximate surface area is 154 Å². The van der Waals surface area contributed by atoms with Crippen molar-refractivity contribution in [1.29, 1.82) is 0 Å². The minimum Gasteiger partial charge on any atom is -0.454 e. The second-order valence-corrected chi connectivity index (χ2v) is 6.12. The quantitative estimate of drug-likeness (QED) is 0.602. The zero-order valence-corrected chi connectivity index (χ0v) is 14.6. The van der Waals surface area contributed by atoms with Crippen molar-refractivity contribution in [2.45, 2.75) is 6.92 Å². The van der Waals surface area contributed by atoms with E-state index in [1.54, 1.807) is 24.3 Å². The van der Waals surface area contributed by atoms with Crippen molar-refractivity contribution in [3.05, 3.63) is 63.8 Å². The van der Waals surface area contributed by atoms with Gasteiger partial charge < -0.3 is 14.8 Å². The molecular formula is C18H13Cl2NO4. The number of nitrogens with one attached hydrogen (secondary N) is 1. The summed E-state index contributed by atoms with van der Waals surface area (Å²) < 4.78 is 10.6. The Morgan fingerprint density at radius 1 is 1.08 bits per heavy atom. The summed E-state index contributed by atoms with van der Waals surface area (Å²) in [5, 5.41) is 3.66. The topological polar surface area (TPSA) is 64.6 Å². The predicted octanol–water partition coefficient (Wildman–Crippen LogP) is 4.73. The molecule has 0 spiro atoms. The molecule has 0 fully saturated rings. The molecule has 0 saturated heterocycles. The number of fused-ring (bicyclic) bond motifs is 1. The molecule has 0 unspecified atom stereocenters. The minimum absolute atomic E-state index is 0.111. The van der Waals surface area contributed by atoms with E-state index in [0.717, 1.165) is 0 Å². The van der Waals surface area contributed by atoms with Gasteiger partial charge in [0.05, 0.1) is 10.7 Å². The second-order valence-electron chi connectivity index (χ2n) is 5.27. The predicted molar refractivity (Wildman–Crippen MR) is 96.1 cm³/mol. The fourth-order valence-electron chi connectivity index (χ4n) is 2.34. The molecule has 1 N–H and O–H groups in total. The number of ketones is 2. The molecule has 2 aromatic carbocycles. The van der Waals surface area contributed by atoms with E-state index in [1.807, 2.05) is 0 Å². The molecule has 0 saturated carbocycles. The number of allylic oxidation sites excluding steroid dienone is 1. The number of anilines is 1. The first-order valence-corrected chi connectivity index (χ1v) is 8.08. The lowest BCUT2D eigenvalue weighted by Crippen LogP contribution is -2.01. The summed E-state index contributed by atoms with van der Waals surface area (Å²) in [5.74, 6) is 0.622. The number of hydrogen-bond donors (Lipinski definition) is 1. The number of carbonyl (C=O) groups is 2. The average Bonchev–Trinajstić information content (AvgIpc) is 3.01. The number of Topliss-reactive ketones (excluding diaryl/α,β-unsaturated/α-hetero) is 1. The lowest BCUT2D eigenvalue weighted by molar-refractivity contribution is 0.101. The monoisotopic (exact) mass is 377 g/mol. The van der Waals surface area contributed by atoms with E-state index in [1.165, 1.54) is 25.3 Å². The molecule has 1 heterocycles. The lowest BCUT2D eigenvalue weighted by atomic mass is 10.1. The summed E-state index contributed by atoms with van der Waals surface area (Å²) in [7, 11) is 0. The zero-order valence-electron chi connectivity index (χ0n) is 13.1. The van der Waals surface area contributed by atoms with E-state index in [0.29, 0.717) is 33.3 Å². The first-order valence-electron chi connectivity index (χ1n) is 7.33. The van der Waals surface area contributed by atoms with Gasteiger partial charge in [0, 0.05) is 34.5 Å². The van der Waals surface area contributed by atoms with Gasteiger partial charge in [0.25, 0.3) is 0 Å². The molecule has 3 rings (SSSR count). The van der Waals surface area contributed by atoms with Gasteiger partial charge in [0.2, 0.25) is 6.79 Å². The Kier molecular flexibility index (Phi) is 4.97. The maximum absolute atomic E-state index is 12.2. The number of rotatable bonds is 5. The van der Waals surface area contributed by atoms with Crippen LogP contribution >= 0.6 is 23.2 Å². The molecule has 2 aromatic rings. The van der Waals surface area contributed by atoms with Gasteiger partial charge in [-0.1, -0.05) is 23.2 Å². The highest BCUT2D eigenvalue weighted by Gasteiger charge is 2.18. The van der Waals surface area contributed by atoms with E-state index in [-0.39, 0.29) is 23.4 Å². The average molecular weight is 378 g/mol. The molecule has 128 valence electrons. The molecule has 25 heavy (non-hydrogen) atoms. The Hall–Kier alpha value is -2.50. The van der Waals surface area contributed by atoms with Crippen LogP contribution in [0.25, 0.3) is 0 Å². The summed E-state index contributed by atoms with van der Waals surface area (Å²) in [6, 6.07) is 7.91. The van der Waals surface area contributed by atoms with Crippen LogP contribution in [0.1, 0.15) is 27.6 Å². The van der Waals surface area contributed by atoms with E-state index in [2.05, 4.69) is 5.32 Å². The number of ether oxygens (including phenoxy) is 2. The summed E-state index contributed by atoms with van der Waals surface area (Å²) in [6.45, 7) is 1.56. The van der Waals surface area contributed by atoms with Gasteiger partial charge in [-0.15, -0.1) is 0 Å². The van der Waals surface area contributed by atoms with Gasteiger partial charge in [0.15, 0.2) is 23.1 Å². The molecule has 0 radical (unpaired) electrons. The van der Waals surface area contributed by atoms with E-state index < -0.39 is 0 Å². The fourth-order valence-corrected chi connectivity index (χ4v) is 2.84. The number of hydrogen-bond acceptors (Lipinski definition) is 5. The van der Waals surface area contributed by atoms with Gasteiger partial charge in [0.1, 0.15) is 0 Å². The summed E-state index contributed by atoms with van der Waals surface area (Å²) in [5.41, 5.74) is 1.29. The Morgan fingerprint density at radius 2 is 1.80 bits per heavy atom. The van der Waals surface area contributed by atoms with E-state index in [4.69, 9.17) is 32.7 Å². The normalized spacial score (nSPS) is 12.4. The van der Waals surface area contributed by atoms with Gasteiger partial charge >= 0.3 is 0 Å². The van der Waals surface area contributed by atoms with Crippen LogP contribution in [-0.2, 0) is 0 Å². The van der Waals surface area contributed by atoms with Crippen LogP contribution in [0.2, 0.25) is 10.0 Å². The molecule has 0 atom stereocenters. The summed E-state index contributed by atoms with van der Waals surface area (Å²) in [6.07, 6.45) is 2.76. The van der Waals surface area contributed by atoms with Gasteiger partial charge in [-0.05, 0) is 31.2 Å². The Balaban J connectivity index is 1.80. The molecule has 0 bridgehead atoms. The van der Waals surface area contributed by atoms with Gasteiger partial charge in [-0.2, -0.15) is 0 Å². The maximum atomic E-state index is 12.2. The molecule has 0 aromatic heterocycles. The molecule has 1 aliphatic heterocycles. The Morgan fingerprint density at radius 3 is 2.48 bits per heavy atom. The van der Waals surface area contributed by atoms with Crippen molar-refractivity contribution >= 4 is 40.5 Å². The van der Waals surface area contributed by atoms with Crippen LogP contribution in [-0.4, -0.2) is 18.4 Å². The molecule has 7 heteroatoms. The van der Waals surface area contributed by atoms with Crippen molar-refractivity contribution in [3.8, 4) is 11.5 Å². The molecule has 1 aliphatic rings. The van der Waals surface area contributed by atoms with Crippen molar-refractivity contribution in [1.82, 2.24) is 0 Å². The maximum Gasteiger partial charge on any atom is 0.231 e. The summed E-state index contributed by atoms with van der Waals surface area (Å²) >= 11 is 11.8. The van der Waals surface area contributed by atoms with Crippen molar-refractivity contribution in [3.63, 3.8) is 0 Å². The van der Waals surface area contributed by atoms with Gasteiger partial charge in [-0.3, -0.25) is 9.59 Å². The third-order valence-corrected chi connectivity index (χ3v) is 4.11. The fraction of sp³-hybridized carbons (Fsp3) is 0.111. The Bertz CT molecular complexity index is 893. The first kappa shape index (κ1) is 17.3. The highest BCUT2D eigenvalue weighted by molar-refractivity contribution is 6.37. The van der Waals surface area contributed by atoms with Crippen LogP contribution in [0.15, 0.2) is 42.6 Å². The van der Waals surface area contributed by atoms with Crippen LogP contribution in [0.3, 0.4) is 0 Å². The number of halogens is 2. The smallest absolute Gasteiger partial charge is 0.231 e. The second kappa shape index (κ2) is 7.17. The van der Waals surface area contributed by atoms with Gasteiger partial charge in [-0.25, -0.2) is 0 Å². The highest BCUT2D eigenvalue weighted by atomic mass is 35.5. The van der Waals surface area contributed by atoms with Crippen LogP contribution in [0.4, 0.5) is 5.69 Å². The lowest BCUT2D eigenvalue weighted by Gasteiger charge is -2.08. The summed E-state index contributed by atoms with van der Waals surface area (Å²) in [4.78, 5) is 24.0. The minimum atomic E-state index is -0.292.